The molecule has 0 radical (unpaired) electrons. The predicted molar refractivity (Wildman–Crippen MR) is 70.8 cm³/mol. The molecular formula is C13H16N2OS. The Balaban J connectivity index is 2.16. The van der Waals surface area contributed by atoms with Gasteiger partial charge in [-0.15, -0.1) is 11.3 Å². The van der Waals surface area contributed by atoms with E-state index in [2.05, 4.69) is 23.8 Å². The van der Waals surface area contributed by atoms with Crippen molar-refractivity contribution in [1.29, 1.82) is 0 Å². The van der Waals surface area contributed by atoms with Gasteiger partial charge in [-0.1, -0.05) is 6.92 Å². The summed E-state index contributed by atoms with van der Waals surface area (Å²) in [6, 6.07) is 0. The highest BCUT2D eigenvalue weighted by atomic mass is 32.1. The summed E-state index contributed by atoms with van der Waals surface area (Å²) in [5.74, 6) is 1.62. The number of hydrogen-bond acceptors (Lipinski definition) is 3. The van der Waals surface area contributed by atoms with Crippen LogP contribution in [0.25, 0.3) is 10.2 Å². The number of nitrogens with one attached hydrogen (secondary N) is 1. The Bertz CT molecular complexity index is 622. The van der Waals surface area contributed by atoms with E-state index in [0.29, 0.717) is 0 Å². The van der Waals surface area contributed by atoms with Crippen LogP contribution in [-0.2, 0) is 12.8 Å². The Kier molecular flexibility index (Phi) is 2.54. The molecule has 2 aromatic heterocycles. The van der Waals surface area contributed by atoms with E-state index in [1.54, 1.807) is 11.3 Å². The lowest BCUT2D eigenvalue weighted by Crippen LogP contribution is -2.12. The van der Waals surface area contributed by atoms with Crippen LogP contribution in [0, 0.1) is 12.8 Å². The van der Waals surface area contributed by atoms with E-state index in [9.17, 15) is 4.79 Å². The second kappa shape index (κ2) is 3.95. The zero-order chi connectivity index (χ0) is 12.0. The second-order valence-electron chi connectivity index (χ2n) is 4.83. The average Bonchev–Trinajstić information content (AvgIpc) is 3.00. The number of rotatable bonds is 3. The number of H-pyrrole nitrogens is 1. The minimum absolute atomic E-state index is 0.0480. The molecule has 1 aliphatic carbocycles. The third kappa shape index (κ3) is 1.90. The van der Waals surface area contributed by atoms with E-state index in [1.165, 1.54) is 17.7 Å². The number of aryl methyl sites for hydroxylation is 2. The first-order chi connectivity index (χ1) is 8.19. The molecule has 17 heavy (non-hydrogen) atoms. The zero-order valence-corrected chi connectivity index (χ0v) is 11.0. The van der Waals surface area contributed by atoms with Gasteiger partial charge in [0.1, 0.15) is 10.7 Å². The number of hydrogen-bond donors (Lipinski definition) is 1. The topological polar surface area (TPSA) is 45.8 Å². The minimum atomic E-state index is 0.0480. The van der Waals surface area contributed by atoms with Crippen molar-refractivity contribution in [2.75, 3.05) is 0 Å². The number of aromatic amines is 1. The van der Waals surface area contributed by atoms with E-state index in [1.807, 2.05) is 0 Å². The summed E-state index contributed by atoms with van der Waals surface area (Å²) in [4.78, 5) is 21.8. The lowest BCUT2D eigenvalue weighted by atomic mass is 10.1. The summed E-state index contributed by atoms with van der Waals surface area (Å²) >= 11 is 1.65. The van der Waals surface area contributed by atoms with Gasteiger partial charge in [-0.25, -0.2) is 4.98 Å². The normalized spacial score (nSPS) is 15.6. The lowest BCUT2D eigenvalue weighted by Gasteiger charge is -1.99. The molecule has 0 aromatic carbocycles. The van der Waals surface area contributed by atoms with Crippen LogP contribution in [-0.4, -0.2) is 9.97 Å². The van der Waals surface area contributed by atoms with E-state index < -0.39 is 0 Å². The molecule has 2 heterocycles. The third-order valence-corrected chi connectivity index (χ3v) is 4.49. The van der Waals surface area contributed by atoms with Crippen LogP contribution >= 0.6 is 11.3 Å². The van der Waals surface area contributed by atoms with Gasteiger partial charge < -0.3 is 4.98 Å². The Morgan fingerprint density at radius 1 is 1.47 bits per heavy atom. The number of nitrogens with zero attached hydrogens (tertiary/aromatic N) is 1. The van der Waals surface area contributed by atoms with Crippen molar-refractivity contribution in [3.05, 3.63) is 26.6 Å². The van der Waals surface area contributed by atoms with Gasteiger partial charge in [0.25, 0.3) is 5.56 Å². The van der Waals surface area contributed by atoms with Crippen molar-refractivity contribution in [1.82, 2.24) is 9.97 Å². The van der Waals surface area contributed by atoms with Gasteiger partial charge in [-0.3, -0.25) is 4.79 Å². The van der Waals surface area contributed by atoms with Gasteiger partial charge in [0, 0.05) is 11.3 Å². The first kappa shape index (κ1) is 11.0. The molecule has 0 unspecified atom stereocenters. The number of aromatic nitrogens is 2. The van der Waals surface area contributed by atoms with Crippen molar-refractivity contribution in [3.63, 3.8) is 0 Å². The van der Waals surface area contributed by atoms with Crippen LogP contribution in [0.5, 0.6) is 0 Å². The van der Waals surface area contributed by atoms with E-state index >= 15 is 0 Å². The Hall–Kier alpha value is -1.16. The fourth-order valence-corrected chi connectivity index (χ4v) is 3.47. The molecular weight excluding hydrogens is 232 g/mol. The molecule has 0 spiro atoms. The molecule has 0 bridgehead atoms. The molecule has 2 aromatic rings. The first-order valence-electron chi connectivity index (χ1n) is 6.20. The third-order valence-electron chi connectivity index (χ3n) is 3.44. The SMILES string of the molecule is CCc1c(C)sc2nc(CC3CC3)[nH]c(=O)c12. The van der Waals surface area contributed by atoms with Crippen LogP contribution in [0.1, 0.15) is 36.0 Å². The molecule has 3 nitrogen and oxygen atoms in total. The van der Waals surface area contributed by atoms with Crippen LogP contribution in [0.2, 0.25) is 0 Å². The molecule has 0 amide bonds. The van der Waals surface area contributed by atoms with Crippen molar-refractivity contribution in [2.45, 2.75) is 39.5 Å². The molecule has 1 aliphatic rings. The van der Waals surface area contributed by atoms with Crippen LogP contribution in [0.15, 0.2) is 4.79 Å². The summed E-state index contributed by atoms with van der Waals surface area (Å²) in [6.45, 7) is 4.16. The van der Waals surface area contributed by atoms with E-state index in [4.69, 9.17) is 0 Å². The standard InChI is InChI=1S/C13H16N2OS/c1-3-9-7(2)17-13-11(9)12(16)14-10(15-13)6-8-4-5-8/h8H,3-6H2,1-2H3,(H,14,15,16). The molecule has 0 atom stereocenters. The number of fused-ring (bicyclic) bond motifs is 1. The summed E-state index contributed by atoms with van der Waals surface area (Å²) in [5.41, 5.74) is 1.21. The monoisotopic (exact) mass is 248 g/mol. The van der Waals surface area contributed by atoms with Crippen molar-refractivity contribution in [3.8, 4) is 0 Å². The molecule has 1 fully saturated rings. The van der Waals surface area contributed by atoms with E-state index in [0.717, 1.165) is 40.4 Å². The first-order valence-corrected chi connectivity index (χ1v) is 7.02. The highest BCUT2D eigenvalue weighted by molar-refractivity contribution is 7.18. The minimum Gasteiger partial charge on any atom is -0.310 e. The largest absolute Gasteiger partial charge is 0.310 e. The summed E-state index contributed by atoms with van der Waals surface area (Å²) in [6.07, 6.45) is 4.40. The quantitative estimate of drug-likeness (QED) is 0.907. The average molecular weight is 248 g/mol. The van der Waals surface area contributed by atoms with Gasteiger partial charge in [0.15, 0.2) is 0 Å². The molecule has 1 N–H and O–H groups in total. The van der Waals surface area contributed by atoms with Gasteiger partial charge in [0.2, 0.25) is 0 Å². The maximum absolute atomic E-state index is 12.1. The fraction of sp³-hybridized carbons (Fsp3) is 0.538. The Labute approximate surface area is 104 Å². The van der Waals surface area contributed by atoms with Crippen LogP contribution < -0.4 is 5.56 Å². The van der Waals surface area contributed by atoms with Crippen molar-refractivity contribution in [2.24, 2.45) is 5.92 Å². The highest BCUT2D eigenvalue weighted by Gasteiger charge is 2.23. The summed E-state index contributed by atoms with van der Waals surface area (Å²) in [5, 5.41) is 0.814. The van der Waals surface area contributed by atoms with E-state index in [-0.39, 0.29) is 5.56 Å². The summed E-state index contributed by atoms with van der Waals surface area (Å²) < 4.78 is 0. The van der Waals surface area contributed by atoms with Crippen LogP contribution in [0.3, 0.4) is 0 Å². The smallest absolute Gasteiger partial charge is 0.259 e. The maximum Gasteiger partial charge on any atom is 0.259 e. The van der Waals surface area contributed by atoms with Gasteiger partial charge >= 0.3 is 0 Å². The Morgan fingerprint density at radius 2 is 2.24 bits per heavy atom. The van der Waals surface area contributed by atoms with Gasteiger partial charge in [-0.2, -0.15) is 0 Å². The Morgan fingerprint density at radius 3 is 2.88 bits per heavy atom. The highest BCUT2D eigenvalue weighted by Crippen LogP contribution is 2.32. The maximum atomic E-state index is 12.1. The molecule has 0 saturated heterocycles. The van der Waals surface area contributed by atoms with Crippen molar-refractivity contribution >= 4 is 21.6 Å². The number of thiophene rings is 1. The van der Waals surface area contributed by atoms with Crippen molar-refractivity contribution < 1.29 is 0 Å². The summed E-state index contributed by atoms with van der Waals surface area (Å²) in [7, 11) is 0. The van der Waals surface area contributed by atoms with Gasteiger partial charge in [0.05, 0.1) is 5.39 Å². The molecule has 0 aliphatic heterocycles. The van der Waals surface area contributed by atoms with Crippen LogP contribution in [0.4, 0.5) is 0 Å². The molecule has 4 heteroatoms. The lowest BCUT2D eigenvalue weighted by molar-refractivity contribution is 0.772. The zero-order valence-electron chi connectivity index (χ0n) is 10.2. The molecule has 1 saturated carbocycles. The second-order valence-corrected chi connectivity index (χ2v) is 6.03. The predicted octanol–water partition coefficient (Wildman–Crippen LogP) is 2.81. The fourth-order valence-electron chi connectivity index (χ4n) is 2.34. The molecule has 90 valence electrons. The van der Waals surface area contributed by atoms with Gasteiger partial charge in [-0.05, 0) is 37.7 Å². The molecule has 3 rings (SSSR count).